The molecule has 1 amide bonds. The number of benzene rings is 1. The molecule has 0 saturated carbocycles. The molecule has 1 unspecified atom stereocenters. The third kappa shape index (κ3) is 4.56. The summed E-state index contributed by atoms with van der Waals surface area (Å²) < 4.78 is 0. The zero-order chi connectivity index (χ0) is 21.8. The van der Waals surface area contributed by atoms with Crippen molar-refractivity contribution in [1.82, 2.24) is 20.2 Å². The highest BCUT2D eigenvalue weighted by Crippen LogP contribution is 2.29. The number of rotatable bonds is 6. The maximum absolute atomic E-state index is 12.0. The zero-order valence-electron chi connectivity index (χ0n) is 17.4. The van der Waals surface area contributed by atoms with Crippen molar-refractivity contribution >= 4 is 11.9 Å². The van der Waals surface area contributed by atoms with Gasteiger partial charge in [0.05, 0.1) is 11.6 Å². The summed E-state index contributed by atoms with van der Waals surface area (Å²) in [5.41, 5.74) is 0.923. The average Bonchev–Trinajstić information content (AvgIpc) is 3.16. The molecule has 2 aromatic rings. The molecule has 30 heavy (non-hydrogen) atoms. The summed E-state index contributed by atoms with van der Waals surface area (Å²) in [5, 5.41) is 25.3. The predicted octanol–water partition coefficient (Wildman–Crippen LogP) is 2.66. The molecular formula is C22H25N7O. The zero-order valence-corrected chi connectivity index (χ0v) is 17.4. The molecule has 2 heterocycles. The number of carbonyl (C=O) groups excluding carboxylic acids is 1. The van der Waals surface area contributed by atoms with Gasteiger partial charge in [-0.05, 0) is 44.4 Å². The summed E-state index contributed by atoms with van der Waals surface area (Å²) in [5.74, 6) is 0.371. The summed E-state index contributed by atoms with van der Waals surface area (Å²) in [6.45, 7) is 6.49. The van der Waals surface area contributed by atoms with E-state index in [1.165, 1.54) is 6.92 Å². The van der Waals surface area contributed by atoms with Crippen LogP contribution >= 0.6 is 0 Å². The number of anilines is 1. The second-order valence-electron chi connectivity index (χ2n) is 8.09. The smallest absolute Gasteiger partial charge is 0.222 e. The number of likely N-dealkylation sites (tertiary alicyclic amines) is 1. The van der Waals surface area contributed by atoms with Crippen molar-refractivity contribution in [3.8, 4) is 23.3 Å². The summed E-state index contributed by atoms with van der Waals surface area (Å²) in [6.07, 6.45) is 4.84. The minimum Gasteiger partial charge on any atom is -0.352 e. The molecule has 1 atom stereocenters. The van der Waals surface area contributed by atoms with Crippen LogP contribution in [0.2, 0.25) is 0 Å². The van der Waals surface area contributed by atoms with E-state index < -0.39 is 11.2 Å². The average molecular weight is 403 g/mol. The standard InChI is InChI=1S/C22H25N7O/c1-16(30)29-10-4-9-22(29,14-24)28-21(2,3)15-27-20-25-12-19(13-26-20)18-7-5-17(11-23)6-8-18/h5-8,12-13,28H,4,9-10,15H2,1-3H3,(H,25,26,27). The number of nitrogens with zero attached hydrogens (tertiary/aromatic N) is 5. The normalized spacial score (nSPS) is 18.5. The van der Waals surface area contributed by atoms with Crippen LogP contribution in [0.15, 0.2) is 36.7 Å². The van der Waals surface area contributed by atoms with Crippen LogP contribution in [0.4, 0.5) is 5.95 Å². The highest BCUT2D eigenvalue weighted by Gasteiger charge is 2.45. The van der Waals surface area contributed by atoms with Crippen LogP contribution in [0.3, 0.4) is 0 Å². The lowest BCUT2D eigenvalue weighted by molar-refractivity contribution is -0.132. The van der Waals surface area contributed by atoms with Crippen LogP contribution < -0.4 is 10.6 Å². The molecule has 8 heteroatoms. The highest BCUT2D eigenvalue weighted by molar-refractivity contribution is 5.75. The molecule has 154 valence electrons. The van der Waals surface area contributed by atoms with Gasteiger partial charge < -0.3 is 10.2 Å². The Labute approximate surface area is 176 Å². The van der Waals surface area contributed by atoms with Crippen LogP contribution in [-0.2, 0) is 4.79 Å². The monoisotopic (exact) mass is 403 g/mol. The lowest BCUT2D eigenvalue weighted by atomic mass is 9.99. The van der Waals surface area contributed by atoms with E-state index in [1.54, 1.807) is 29.4 Å². The Bertz CT molecular complexity index is 986. The van der Waals surface area contributed by atoms with Crippen molar-refractivity contribution in [2.24, 2.45) is 0 Å². The third-order valence-corrected chi connectivity index (χ3v) is 5.18. The van der Waals surface area contributed by atoms with Gasteiger partial charge in [0.15, 0.2) is 5.66 Å². The molecule has 0 spiro atoms. The van der Waals surface area contributed by atoms with Crippen molar-refractivity contribution in [1.29, 1.82) is 10.5 Å². The number of hydrogen-bond acceptors (Lipinski definition) is 7. The Morgan fingerprint density at radius 3 is 2.43 bits per heavy atom. The van der Waals surface area contributed by atoms with Gasteiger partial charge in [0.25, 0.3) is 0 Å². The van der Waals surface area contributed by atoms with Gasteiger partial charge in [0, 0.05) is 43.5 Å². The van der Waals surface area contributed by atoms with E-state index in [4.69, 9.17) is 5.26 Å². The minimum absolute atomic E-state index is 0.105. The third-order valence-electron chi connectivity index (χ3n) is 5.18. The van der Waals surface area contributed by atoms with Gasteiger partial charge in [0.2, 0.25) is 11.9 Å². The summed E-state index contributed by atoms with van der Waals surface area (Å²) in [4.78, 5) is 22.3. The molecule has 1 aliphatic heterocycles. The second kappa shape index (κ2) is 8.48. The maximum atomic E-state index is 12.0. The molecule has 1 fully saturated rings. The van der Waals surface area contributed by atoms with Gasteiger partial charge in [0.1, 0.15) is 6.07 Å². The van der Waals surface area contributed by atoms with Crippen molar-refractivity contribution in [3.63, 3.8) is 0 Å². The summed E-state index contributed by atoms with van der Waals surface area (Å²) in [6, 6.07) is 11.7. The van der Waals surface area contributed by atoms with E-state index in [2.05, 4.69) is 32.7 Å². The number of nitrogens with one attached hydrogen (secondary N) is 2. The van der Waals surface area contributed by atoms with E-state index >= 15 is 0 Å². The Kier molecular flexibility index (Phi) is 6.00. The van der Waals surface area contributed by atoms with Gasteiger partial charge >= 0.3 is 0 Å². The topological polar surface area (TPSA) is 118 Å². The summed E-state index contributed by atoms with van der Waals surface area (Å²) in [7, 11) is 0. The fourth-order valence-electron chi connectivity index (χ4n) is 3.73. The van der Waals surface area contributed by atoms with E-state index in [0.717, 1.165) is 17.5 Å². The molecule has 0 aliphatic carbocycles. The fraction of sp³-hybridized carbons (Fsp3) is 0.409. The quantitative estimate of drug-likeness (QED) is 0.761. The minimum atomic E-state index is -0.989. The number of amides is 1. The SMILES string of the molecule is CC(=O)N1CCCC1(C#N)NC(C)(C)CNc1ncc(-c2ccc(C#N)cc2)cn1. The van der Waals surface area contributed by atoms with Gasteiger partial charge in [-0.3, -0.25) is 10.1 Å². The van der Waals surface area contributed by atoms with Crippen molar-refractivity contribution in [2.75, 3.05) is 18.4 Å². The van der Waals surface area contributed by atoms with E-state index in [0.29, 0.717) is 31.0 Å². The van der Waals surface area contributed by atoms with Gasteiger partial charge in [-0.2, -0.15) is 10.5 Å². The second-order valence-corrected chi connectivity index (χ2v) is 8.09. The number of nitriles is 2. The number of carbonyl (C=O) groups is 1. The van der Waals surface area contributed by atoms with Crippen molar-refractivity contribution in [2.45, 2.75) is 44.8 Å². The van der Waals surface area contributed by atoms with Gasteiger partial charge in [-0.25, -0.2) is 9.97 Å². The van der Waals surface area contributed by atoms with Gasteiger partial charge in [-0.1, -0.05) is 12.1 Å². The first-order chi connectivity index (χ1) is 14.3. The highest BCUT2D eigenvalue weighted by atomic mass is 16.2. The van der Waals surface area contributed by atoms with Crippen LogP contribution in [0, 0.1) is 22.7 Å². The number of aromatic nitrogens is 2. The van der Waals surface area contributed by atoms with Gasteiger partial charge in [-0.15, -0.1) is 0 Å². The Balaban J connectivity index is 1.64. The Morgan fingerprint density at radius 2 is 1.87 bits per heavy atom. The molecule has 0 radical (unpaired) electrons. The van der Waals surface area contributed by atoms with E-state index in [1.807, 2.05) is 26.0 Å². The van der Waals surface area contributed by atoms with Crippen molar-refractivity contribution in [3.05, 3.63) is 42.2 Å². The molecule has 1 aromatic heterocycles. The van der Waals surface area contributed by atoms with Crippen LogP contribution in [-0.4, -0.2) is 45.1 Å². The van der Waals surface area contributed by atoms with E-state index in [9.17, 15) is 10.1 Å². The fourth-order valence-corrected chi connectivity index (χ4v) is 3.73. The molecule has 1 saturated heterocycles. The predicted molar refractivity (Wildman–Crippen MR) is 113 cm³/mol. The lowest BCUT2D eigenvalue weighted by Crippen LogP contribution is -2.64. The first-order valence-electron chi connectivity index (χ1n) is 9.84. The summed E-state index contributed by atoms with van der Waals surface area (Å²) >= 11 is 0. The molecule has 1 aromatic carbocycles. The maximum Gasteiger partial charge on any atom is 0.222 e. The van der Waals surface area contributed by atoms with Crippen LogP contribution in [0.25, 0.3) is 11.1 Å². The molecule has 3 rings (SSSR count). The Morgan fingerprint density at radius 1 is 1.20 bits per heavy atom. The van der Waals surface area contributed by atoms with E-state index in [-0.39, 0.29) is 5.91 Å². The first-order valence-corrected chi connectivity index (χ1v) is 9.84. The molecule has 1 aliphatic rings. The molecule has 2 N–H and O–H groups in total. The lowest BCUT2D eigenvalue weighted by Gasteiger charge is -2.40. The number of hydrogen-bond donors (Lipinski definition) is 2. The molecule has 8 nitrogen and oxygen atoms in total. The van der Waals surface area contributed by atoms with Crippen LogP contribution in [0.1, 0.15) is 39.2 Å². The molecular weight excluding hydrogens is 378 g/mol. The largest absolute Gasteiger partial charge is 0.352 e. The Hall–Kier alpha value is -3.49. The molecule has 0 bridgehead atoms. The van der Waals surface area contributed by atoms with Crippen molar-refractivity contribution < 1.29 is 4.79 Å². The first kappa shape index (κ1) is 21.2. The van der Waals surface area contributed by atoms with Crippen LogP contribution in [0.5, 0.6) is 0 Å².